The number of hydrogen-bond donors (Lipinski definition) is 1. The second kappa shape index (κ2) is 6.20. The van der Waals surface area contributed by atoms with Gasteiger partial charge in [-0.15, -0.1) is 11.3 Å². The second-order valence-electron chi connectivity index (χ2n) is 5.78. The number of carbonyl (C=O) groups is 1. The predicted molar refractivity (Wildman–Crippen MR) is 87.4 cm³/mol. The van der Waals surface area contributed by atoms with E-state index in [1.165, 1.54) is 16.2 Å². The summed E-state index contributed by atoms with van der Waals surface area (Å²) in [6.45, 7) is 0.176. The Balaban J connectivity index is 1.57. The fourth-order valence-electron chi connectivity index (χ4n) is 2.86. The van der Waals surface area contributed by atoms with Crippen LogP contribution in [0.25, 0.3) is 10.6 Å². The van der Waals surface area contributed by atoms with Crippen molar-refractivity contribution in [2.45, 2.75) is 19.1 Å². The number of carbonyl (C=O) groups excluding carboxylic acids is 1. The highest BCUT2D eigenvalue weighted by Gasteiger charge is 2.40. The van der Waals surface area contributed by atoms with Crippen molar-refractivity contribution in [3.8, 4) is 10.6 Å². The van der Waals surface area contributed by atoms with Gasteiger partial charge in [-0.25, -0.2) is 4.98 Å². The maximum atomic E-state index is 13.0. The highest BCUT2D eigenvalue weighted by Crippen LogP contribution is 2.34. The minimum Gasteiger partial charge on any atom is -0.332 e. The van der Waals surface area contributed by atoms with Gasteiger partial charge < -0.3 is 4.90 Å². The second-order valence-corrected chi connectivity index (χ2v) is 6.64. The van der Waals surface area contributed by atoms with Crippen molar-refractivity contribution in [3.63, 3.8) is 0 Å². The van der Waals surface area contributed by atoms with Crippen LogP contribution < -0.4 is 0 Å². The molecule has 0 atom stereocenters. The van der Waals surface area contributed by atoms with Crippen LogP contribution in [0.1, 0.15) is 27.4 Å². The van der Waals surface area contributed by atoms with Crippen molar-refractivity contribution in [2.24, 2.45) is 0 Å². The van der Waals surface area contributed by atoms with Crippen LogP contribution in [-0.4, -0.2) is 37.5 Å². The summed E-state index contributed by atoms with van der Waals surface area (Å²) in [5, 5.41) is 8.08. The summed E-state index contributed by atoms with van der Waals surface area (Å²) in [5.74, 6) is -0.387. The highest BCUT2D eigenvalue weighted by molar-refractivity contribution is 7.13. The Morgan fingerprint density at radius 1 is 1.27 bits per heavy atom. The molecule has 3 aromatic heterocycles. The fourth-order valence-corrected chi connectivity index (χ4v) is 3.66. The lowest BCUT2D eigenvalue weighted by Crippen LogP contribution is -2.36. The first-order chi connectivity index (χ1) is 12.4. The van der Waals surface area contributed by atoms with Crippen LogP contribution in [0, 0.1) is 0 Å². The zero-order chi connectivity index (χ0) is 18.3. The van der Waals surface area contributed by atoms with E-state index in [0.29, 0.717) is 23.7 Å². The molecule has 0 saturated carbocycles. The molecule has 0 saturated heterocycles. The van der Waals surface area contributed by atoms with Gasteiger partial charge >= 0.3 is 6.18 Å². The molecular formula is C16H12F3N5OS. The Hall–Kier alpha value is -2.75. The molecule has 0 aromatic carbocycles. The minimum atomic E-state index is -4.55. The molecule has 4 rings (SSSR count). The van der Waals surface area contributed by atoms with E-state index < -0.39 is 11.9 Å². The molecule has 1 N–H and O–H groups in total. The lowest BCUT2D eigenvalue weighted by molar-refractivity contribution is -0.142. The van der Waals surface area contributed by atoms with Crippen molar-refractivity contribution >= 4 is 17.2 Å². The summed E-state index contributed by atoms with van der Waals surface area (Å²) in [6.07, 6.45) is -0.999. The normalized spacial score (nSPS) is 14.3. The molecule has 0 unspecified atom stereocenters. The van der Waals surface area contributed by atoms with E-state index in [9.17, 15) is 18.0 Å². The summed E-state index contributed by atoms with van der Waals surface area (Å²) in [6, 6.07) is 3.56. The average molecular weight is 379 g/mol. The molecular weight excluding hydrogens is 367 g/mol. The molecule has 0 aliphatic carbocycles. The van der Waals surface area contributed by atoms with E-state index in [-0.39, 0.29) is 23.7 Å². The van der Waals surface area contributed by atoms with Gasteiger partial charge in [0.05, 0.1) is 6.54 Å². The monoisotopic (exact) mass is 379 g/mol. The molecule has 6 nitrogen and oxygen atoms in total. The van der Waals surface area contributed by atoms with Crippen molar-refractivity contribution in [2.75, 3.05) is 6.54 Å². The minimum absolute atomic E-state index is 0.0293. The van der Waals surface area contributed by atoms with Gasteiger partial charge in [0, 0.05) is 47.6 Å². The Labute approximate surface area is 149 Å². The molecule has 0 bridgehead atoms. The lowest BCUT2D eigenvalue weighted by atomic mass is 10.0. The number of hydrogen-bond acceptors (Lipinski definition) is 5. The quantitative estimate of drug-likeness (QED) is 0.742. The number of alkyl halides is 3. The molecule has 0 spiro atoms. The van der Waals surface area contributed by atoms with Crippen LogP contribution in [0.5, 0.6) is 0 Å². The Bertz CT molecular complexity index is 950. The molecule has 0 radical (unpaired) electrons. The van der Waals surface area contributed by atoms with Crippen molar-refractivity contribution in [1.82, 2.24) is 25.1 Å². The van der Waals surface area contributed by atoms with E-state index in [1.54, 1.807) is 29.9 Å². The number of nitrogens with one attached hydrogen (secondary N) is 1. The van der Waals surface area contributed by atoms with Crippen molar-refractivity contribution < 1.29 is 18.0 Å². The van der Waals surface area contributed by atoms with E-state index >= 15 is 0 Å². The maximum Gasteiger partial charge on any atom is 0.435 e. The highest BCUT2D eigenvalue weighted by atomic mass is 32.1. The molecule has 10 heteroatoms. The zero-order valence-electron chi connectivity index (χ0n) is 13.2. The molecule has 1 amide bonds. The summed E-state index contributed by atoms with van der Waals surface area (Å²) in [7, 11) is 0. The fraction of sp³-hybridized carbons (Fsp3) is 0.250. The Morgan fingerprint density at radius 3 is 2.77 bits per heavy atom. The number of halogens is 3. The first kappa shape index (κ1) is 16.7. The van der Waals surface area contributed by atoms with Gasteiger partial charge in [0.1, 0.15) is 10.7 Å². The third kappa shape index (κ3) is 2.96. The van der Waals surface area contributed by atoms with E-state index in [0.717, 1.165) is 5.56 Å². The molecule has 1 aliphatic heterocycles. The number of H-pyrrole nitrogens is 1. The van der Waals surface area contributed by atoms with Crippen LogP contribution in [0.4, 0.5) is 13.2 Å². The number of thiazole rings is 1. The molecule has 134 valence electrons. The number of fused-ring (bicyclic) bond motifs is 1. The maximum absolute atomic E-state index is 13.0. The SMILES string of the molecule is O=C(c1csc(-c2ccncc2)n1)N1CCc2[nH]nc(C(F)(F)F)c2C1. The molecule has 3 aromatic rings. The van der Waals surface area contributed by atoms with Gasteiger partial charge in [-0.2, -0.15) is 18.3 Å². The van der Waals surface area contributed by atoms with Gasteiger partial charge in [0.25, 0.3) is 5.91 Å². The summed E-state index contributed by atoms with van der Waals surface area (Å²) >= 11 is 1.30. The third-order valence-electron chi connectivity index (χ3n) is 4.14. The predicted octanol–water partition coefficient (Wildman–Crippen LogP) is 3.15. The van der Waals surface area contributed by atoms with Crippen LogP contribution in [0.2, 0.25) is 0 Å². The largest absolute Gasteiger partial charge is 0.435 e. The number of pyridine rings is 1. The number of aromatic nitrogens is 4. The molecule has 26 heavy (non-hydrogen) atoms. The van der Waals surface area contributed by atoms with Crippen LogP contribution in [-0.2, 0) is 19.1 Å². The van der Waals surface area contributed by atoms with E-state index in [2.05, 4.69) is 20.2 Å². The zero-order valence-corrected chi connectivity index (χ0v) is 14.1. The number of rotatable bonds is 2. The summed E-state index contributed by atoms with van der Waals surface area (Å²) < 4.78 is 39.1. The Morgan fingerprint density at radius 2 is 2.04 bits per heavy atom. The topological polar surface area (TPSA) is 74.8 Å². The smallest absolute Gasteiger partial charge is 0.332 e. The summed E-state index contributed by atoms with van der Waals surface area (Å²) in [5.41, 5.74) is 0.557. The number of aromatic amines is 1. The number of amides is 1. The first-order valence-corrected chi connectivity index (χ1v) is 8.60. The summed E-state index contributed by atoms with van der Waals surface area (Å²) in [4.78, 5) is 22.3. The van der Waals surface area contributed by atoms with Gasteiger partial charge in [-0.3, -0.25) is 14.9 Å². The third-order valence-corrected chi connectivity index (χ3v) is 5.03. The van der Waals surface area contributed by atoms with Gasteiger partial charge in [-0.1, -0.05) is 0 Å². The van der Waals surface area contributed by atoms with Crippen molar-refractivity contribution in [3.05, 3.63) is 52.6 Å². The lowest BCUT2D eigenvalue weighted by Gasteiger charge is -2.26. The number of nitrogens with zero attached hydrogens (tertiary/aromatic N) is 4. The van der Waals surface area contributed by atoms with Gasteiger partial charge in [0.2, 0.25) is 0 Å². The molecule has 1 aliphatic rings. The van der Waals surface area contributed by atoms with Crippen LogP contribution >= 0.6 is 11.3 Å². The van der Waals surface area contributed by atoms with Gasteiger partial charge in [0.15, 0.2) is 5.69 Å². The van der Waals surface area contributed by atoms with Crippen molar-refractivity contribution in [1.29, 1.82) is 0 Å². The van der Waals surface area contributed by atoms with Crippen LogP contribution in [0.15, 0.2) is 29.9 Å². The van der Waals surface area contributed by atoms with Gasteiger partial charge in [-0.05, 0) is 12.1 Å². The van der Waals surface area contributed by atoms with E-state index in [1.807, 2.05) is 0 Å². The Kier molecular flexibility index (Phi) is 3.98. The average Bonchev–Trinajstić information content (AvgIpc) is 3.28. The standard InChI is InChI=1S/C16H12F3N5OS/c17-16(18,19)13-10-7-24(6-3-11(10)22-23-13)15(25)12-8-26-14(21-12)9-1-4-20-5-2-9/h1-2,4-5,8H,3,6-7H2,(H,22,23). The molecule has 0 fully saturated rings. The van der Waals surface area contributed by atoms with Crippen LogP contribution in [0.3, 0.4) is 0 Å². The molecule has 4 heterocycles. The van der Waals surface area contributed by atoms with E-state index in [4.69, 9.17) is 0 Å². The first-order valence-electron chi connectivity index (χ1n) is 7.72.